The van der Waals surface area contributed by atoms with E-state index in [1.54, 1.807) is 0 Å². The van der Waals surface area contributed by atoms with Crippen molar-refractivity contribution in [1.29, 1.82) is 0 Å². The highest BCUT2D eigenvalue weighted by molar-refractivity contribution is 9.10. The minimum atomic E-state index is -0.559. The van der Waals surface area contributed by atoms with Crippen LogP contribution >= 0.6 is 78.3 Å². The van der Waals surface area contributed by atoms with Crippen molar-refractivity contribution < 1.29 is 9.47 Å². The van der Waals surface area contributed by atoms with E-state index < -0.39 is 14.4 Å². The van der Waals surface area contributed by atoms with Gasteiger partial charge in [0, 0.05) is 5.41 Å². The molecule has 2 unspecified atom stereocenters. The number of hydrogen-bond acceptors (Lipinski definition) is 2. The molecule has 2 rings (SSSR count). The van der Waals surface area contributed by atoms with E-state index >= 15 is 0 Å². The Morgan fingerprint density at radius 1 is 0.645 bits per heavy atom. The Kier molecular flexibility index (Phi) is 9.01. The van der Waals surface area contributed by atoms with Crippen LogP contribution in [0.2, 0.25) is 20.1 Å². The van der Waals surface area contributed by atoms with E-state index in [2.05, 4.69) is 45.7 Å². The second kappa shape index (κ2) is 10.2. The van der Waals surface area contributed by atoms with Gasteiger partial charge in [0.15, 0.2) is 20.5 Å². The quantitative estimate of drug-likeness (QED) is 0.269. The van der Waals surface area contributed by atoms with Gasteiger partial charge in [-0.25, -0.2) is 0 Å². The van der Waals surface area contributed by atoms with E-state index in [0.29, 0.717) is 31.6 Å². The summed E-state index contributed by atoms with van der Waals surface area (Å²) in [5, 5.41) is 1.74. The van der Waals surface area contributed by atoms with Crippen molar-refractivity contribution in [3.05, 3.63) is 55.5 Å². The molecule has 0 saturated heterocycles. The summed E-state index contributed by atoms with van der Waals surface area (Å²) >= 11 is 33.3. The number of alkyl halides is 2. The van der Waals surface area contributed by atoms with E-state index in [1.165, 1.54) is 0 Å². The number of ether oxygens (including phenoxy) is 2. The second-order valence-electron chi connectivity index (χ2n) is 8.28. The Balaban J connectivity index is 2.48. The van der Waals surface area contributed by atoms with Crippen LogP contribution in [0.15, 0.2) is 24.3 Å². The molecule has 0 aliphatic heterocycles. The Morgan fingerprint density at radius 2 is 0.903 bits per heavy atom. The fourth-order valence-electron chi connectivity index (χ4n) is 2.77. The number of rotatable bonds is 8. The first-order valence-corrected chi connectivity index (χ1v) is 13.0. The molecule has 0 spiro atoms. The van der Waals surface area contributed by atoms with E-state index in [1.807, 2.05) is 52.0 Å². The predicted molar refractivity (Wildman–Crippen MR) is 142 cm³/mol. The molecule has 2 nitrogen and oxygen atoms in total. The molecule has 172 valence electrons. The lowest BCUT2D eigenvalue weighted by atomic mass is 9.78. The molecule has 0 bridgehead atoms. The van der Waals surface area contributed by atoms with Gasteiger partial charge in [-0.05, 0) is 93.9 Å². The Hall–Kier alpha value is 0.160. The molecule has 0 aliphatic carbocycles. The minimum absolute atomic E-state index is 0.435. The van der Waals surface area contributed by atoms with Gasteiger partial charge < -0.3 is 9.47 Å². The molecule has 2 aromatic carbocycles. The number of benzene rings is 2. The number of halogens is 6. The van der Waals surface area contributed by atoms with Gasteiger partial charge in [0.1, 0.15) is 0 Å². The summed E-state index contributed by atoms with van der Waals surface area (Å²) in [5.74, 6) is 0.889. The van der Waals surface area contributed by atoms with Gasteiger partial charge in [0.2, 0.25) is 0 Å². The van der Waals surface area contributed by atoms with Crippen LogP contribution in [0, 0.1) is 0 Å². The lowest BCUT2D eigenvalue weighted by molar-refractivity contribution is 0.189. The van der Waals surface area contributed by atoms with Crippen LogP contribution < -0.4 is 9.47 Å². The molecule has 8 heteroatoms. The summed E-state index contributed by atoms with van der Waals surface area (Å²) in [5.41, 5.74) is 1.33. The largest absolute Gasteiger partial charge is 0.473 e. The van der Waals surface area contributed by atoms with Crippen LogP contribution in [-0.4, -0.2) is 9.02 Å². The van der Waals surface area contributed by atoms with Crippen molar-refractivity contribution in [2.45, 2.75) is 68.8 Å². The van der Waals surface area contributed by atoms with Crippen molar-refractivity contribution >= 4 is 78.3 Å². The summed E-state index contributed by atoms with van der Waals surface area (Å²) in [6.45, 7) is 12.0. The summed E-state index contributed by atoms with van der Waals surface area (Å²) in [6, 6.07) is 7.45. The van der Waals surface area contributed by atoms with Gasteiger partial charge in [0.05, 0.1) is 20.1 Å². The molecule has 0 heterocycles. The third-order valence-corrected chi connectivity index (χ3v) is 7.90. The lowest BCUT2D eigenvalue weighted by Gasteiger charge is -2.30. The standard InChI is InChI=1S/C23H26Br2Cl4O2/c1-7-22(5,24)30-19-15(26)9-13(10-16(19)27)21(3,4)14-11-17(28)20(18(29)12-14)31-23(6,25)8-2/h9-12H,7-8H2,1-6H3. The summed E-state index contributed by atoms with van der Waals surface area (Å²) < 4.78 is 10.9. The molecule has 0 radical (unpaired) electrons. The first-order chi connectivity index (χ1) is 14.1. The molecule has 0 N–H and O–H groups in total. The van der Waals surface area contributed by atoms with Crippen LogP contribution in [-0.2, 0) is 5.41 Å². The maximum Gasteiger partial charge on any atom is 0.160 e. The fourth-order valence-corrected chi connectivity index (χ4v) is 4.23. The van der Waals surface area contributed by atoms with E-state index in [-0.39, 0.29) is 0 Å². The zero-order chi connectivity index (χ0) is 23.8. The van der Waals surface area contributed by atoms with Gasteiger partial charge in [0.25, 0.3) is 0 Å². The van der Waals surface area contributed by atoms with Gasteiger partial charge in [-0.1, -0.05) is 74.1 Å². The summed E-state index contributed by atoms with van der Waals surface area (Å²) in [6.07, 6.45) is 1.48. The third-order valence-electron chi connectivity index (χ3n) is 5.33. The topological polar surface area (TPSA) is 18.5 Å². The summed E-state index contributed by atoms with van der Waals surface area (Å²) in [4.78, 5) is 0. The molecule has 0 fully saturated rings. The van der Waals surface area contributed by atoms with Crippen molar-refractivity contribution in [3.63, 3.8) is 0 Å². The highest BCUT2D eigenvalue weighted by atomic mass is 79.9. The van der Waals surface area contributed by atoms with Gasteiger partial charge in [-0.15, -0.1) is 0 Å². The Labute approximate surface area is 222 Å². The maximum atomic E-state index is 6.56. The molecule has 0 aromatic heterocycles. The fraction of sp³-hybridized carbons (Fsp3) is 0.478. The SMILES string of the molecule is CCC(C)(Br)Oc1c(Cl)cc(C(C)(C)c2cc(Cl)c(OC(C)(Br)CC)c(Cl)c2)cc1Cl. The van der Waals surface area contributed by atoms with Crippen LogP contribution in [0.3, 0.4) is 0 Å². The molecule has 2 atom stereocenters. The molecule has 0 saturated carbocycles. The predicted octanol–water partition coefficient (Wildman–Crippen LogP) is 10.4. The van der Waals surface area contributed by atoms with E-state index in [4.69, 9.17) is 55.9 Å². The first-order valence-electron chi connectivity index (χ1n) is 9.88. The maximum absolute atomic E-state index is 6.56. The molecule has 31 heavy (non-hydrogen) atoms. The van der Waals surface area contributed by atoms with E-state index in [0.717, 1.165) is 24.0 Å². The molecule has 0 aliphatic rings. The first kappa shape index (κ1) is 27.4. The average Bonchev–Trinajstić information content (AvgIpc) is 2.67. The molecule has 0 amide bonds. The van der Waals surface area contributed by atoms with Crippen molar-refractivity contribution in [2.24, 2.45) is 0 Å². The zero-order valence-electron chi connectivity index (χ0n) is 18.3. The van der Waals surface area contributed by atoms with Crippen LogP contribution in [0.25, 0.3) is 0 Å². The van der Waals surface area contributed by atoms with Crippen LogP contribution in [0.5, 0.6) is 11.5 Å². The highest BCUT2D eigenvalue weighted by Gasteiger charge is 2.30. The Morgan fingerprint density at radius 3 is 1.13 bits per heavy atom. The van der Waals surface area contributed by atoms with Crippen LogP contribution in [0.1, 0.15) is 65.5 Å². The second-order valence-corrected chi connectivity index (χ2v) is 13.3. The highest BCUT2D eigenvalue weighted by Crippen LogP contribution is 2.46. The third kappa shape index (κ3) is 6.61. The lowest BCUT2D eigenvalue weighted by Crippen LogP contribution is -2.24. The van der Waals surface area contributed by atoms with Gasteiger partial charge >= 0.3 is 0 Å². The molecule has 2 aromatic rings. The molecular formula is C23H26Br2Cl4O2. The van der Waals surface area contributed by atoms with Crippen molar-refractivity contribution in [1.82, 2.24) is 0 Å². The smallest absolute Gasteiger partial charge is 0.160 e. The van der Waals surface area contributed by atoms with Gasteiger partial charge in [-0.2, -0.15) is 0 Å². The van der Waals surface area contributed by atoms with Crippen molar-refractivity contribution in [3.8, 4) is 11.5 Å². The number of hydrogen-bond donors (Lipinski definition) is 0. The van der Waals surface area contributed by atoms with E-state index in [9.17, 15) is 0 Å². The van der Waals surface area contributed by atoms with Gasteiger partial charge in [-0.3, -0.25) is 0 Å². The normalized spacial score (nSPS) is 15.9. The minimum Gasteiger partial charge on any atom is -0.473 e. The monoisotopic (exact) mass is 632 g/mol. The summed E-state index contributed by atoms with van der Waals surface area (Å²) in [7, 11) is 0. The van der Waals surface area contributed by atoms with Crippen LogP contribution in [0.4, 0.5) is 0 Å². The Bertz CT molecular complexity index is 837. The van der Waals surface area contributed by atoms with Crippen molar-refractivity contribution in [2.75, 3.05) is 0 Å². The molecular weight excluding hydrogens is 610 g/mol. The average molecular weight is 636 g/mol. The zero-order valence-corrected chi connectivity index (χ0v) is 24.5.